The first-order valence-corrected chi connectivity index (χ1v) is 11.4. The van der Waals surface area contributed by atoms with Crippen molar-refractivity contribution >= 4 is 27.5 Å². The quantitative estimate of drug-likeness (QED) is 0.656. The van der Waals surface area contributed by atoms with Crippen LogP contribution in [0.25, 0.3) is 0 Å². The molecule has 1 amide bonds. The van der Waals surface area contributed by atoms with Gasteiger partial charge in [-0.15, -0.1) is 0 Å². The van der Waals surface area contributed by atoms with Crippen LogP contribution >= 0.6 is 11.6 Å². The average molecular weight is 441 g/mol. The van der Waals surface area contributed by atoms with Crippen molar-refractivity contribution in [3.05, 3.63) is 101 Å². The van der Waals surface area contributed by atoms with Gasteiger partial charge in [0.05, 0.1) is 4.90 Å². The number of halogens is 1. The van der Waals surface area contributed by atoms with E-state index in [9.17, 15) is 13.2 Å². The fourth-order valence-corrected chi connectivity index (χ4v) is 5.43. The van der Waals surface area contributed by atoms with Crippen molar-refractivity contribution in [1.82, 2.24) is 9.62 Å². The van der Waals surface area contributed by atoms with E-state index in [4.69, 9.17) is 11.6 Å². The number of carbonyl (C=O) groups excluding carboxylic acids is 1. The van der Waals surface area contributed by atoms with E-state index in [1.54, 1.807) is 36.4 Å². The molecule has 0 aliphatic carbocycles. The van der Waals surface area contributed by atoms with Crippen LogP contribution in [-0.2, 0) is 34.3 Å². The summed E-state index contributed by atoms with van der Waals surface area (Å²) in [5.41, 5.74) is 2.67. The summed E-state index contributed by atoms with van der Waals surface area (Å²) < 4.78 is 28.0. The normalized spacial score (nSPS) is 16.6. The van der Waals surface area contributed by atoms with Crippen LogP contribution in [0, 0.1) is 0 Å². The third-order valence-corrected chi connectivity index (χ3v) is 7.51. The molecule has 0 aromatic heterocycles. The first-order valence-electron chi connectivity index (χ1n) is 9.61. The Morgan fingerprint density at radius 1 is 0.933 bits per heavy atom. The van der Waals surface area contributed by atoms with E-state index in [2.05, 4.69) is 5.32 Å². The van der Waals surface area contributed by atoms with Gasteiger partial charge in [0, 0.05) is 18.1 Å². The van der Waals surface area contributed by atoms with Crippen LogP contribution < -0.4 is 5.32 Å². The highest BCUT2D eigenvalue weighted by Gasteiger charge is 2.39. The number of nitrogens with one attached hydrogen (secondary N) is 1. The topological polar surface area (TPSA) is 66.5 Å². The maximum absolute atomic E-state index is 13.4. The summed E-state index contributed by atoms with van der Waals surface area (Å²) in [7, 11) is -3.84. The Morgan fingerprint density at radius 2 is 1.57 bits per heavy atom. The summed E-state index contributed by atoms with van der Waals surface area (Å²) in [5, 5.41) is 3.42. The number of hydrogen-bond donors (Lipinski definition) is 1. The predicted octanol–water partition coefficient (Wildman–Crippen LogP) is 3.77. The standard InChI is InChI=1S/C23H21ClN2O3S/c24-21-13-7-6-9-18(21)15-25-23(27)22-14-17-8-4-5-10-19(17)16-26(22)30(28,29)20-11-2-1-3-12-20/h1-13,22H,14-16H2,(H,25,27). The predicted molar refractivity (Wildman–Crippen MR) is 116 cm³/mol. The van der Waals surface area contributed by atoms with Gasteiger partial charge in [0.25, 0.3) is 0 Å². The Hall–Kier alpha value is -2.67. The number of nitrogens with zero attached hydrogens (tertiary/aromatic N) is 1. The molecule has 0 fully saturated rings. The molecule has 0 saturated heterocycles. The highest BCUT2D eigenvalue weighted by atomic mass is 35.5. The molecule has 0 spiro atoms. The summed E-state index contributed by atoms with van der Waals surface area (Å²) in [6.45, 7) is 0.382. The number of carbonyl (C=O) groups is 1. The molecule has 1 atom stereocenters. The van der Waals surface area contributed by atoms with E-state index in [0.717, 1.165) is 16.7 Å². The van der Waals surface area contributed by atoms with E-state index >= 15 is 0 Å². The van der Waals surface area contributed by atoms with Gasteiger partial charge in [-0.2, -0.15) is 4.31 Å². The minimum absolute atomic E-state index is 0.150. The third-order valence-electron chi connectivity index (χ3n) is 5.27. The molecular formula is C23H21ClN2O3S. The second-order valence-electron chi connectivity index (χ2n) is 7.16. The number of fused-ring (bicyclic) bond motifs is 1. The van der Waals surface area contributed by atoms with E-state index in [1.165, 1.54) is 4.31 Å². The SMILES string of the molecule is O=C(NCc1ccccc1Cl)C1Cc2ccccc2CN1S(=O)(=O)c1ccccc1. The Kier molecular flexibility index (Phi) is 5.90. The summed E-state index contributed by atoms with van der Waals surface area (Å²) >= 11 is 6.18. The Labute approximate surface area is 181 Å². The molecule has 1 aliphatic heterocycles. The van der Waals surface area contributed by atoms with Gasteiger partial charge in [-0.25, -0.2) is 8.42 Å². The monoisotopic (exact) mass is 440 g/mol. The van der Waals surface area contributed by atoms with Crippen LogP contribution in [-0.4, -0.2) is 24.7 Å². The maximum Gasteiger partial charge on any atom is 0.244 e. The molecule has 0 saturated carbocycles. The lowest BCUT2D eigenvalue weighted by atomic mass is 9.95. The Morgan fingerprint density at radius 3 is 2.30 bits per heavy atom. The number of amides is 1. The van der Waals surface area contributed by atoms with E-state index in [-0.39, 0.29) is 23.9 Å². The van der Waals surface area contributed by atoms with Gasteiger partial charge in [0.2, 0.25) is 15.9 Å². The Balaban J connectivity index is 1.64. The van der Waals surface area contributed by atoms with Gasteiger partial charge in [-0.05, 0) is 41.3 Å². The van der Waals surface area contributed by atoms with Crippen LogP contribution in [0.1, 0.15) is 16.7 Å². The van der Waals surface area contributed by atoms with Crippen LogP contribution in [0.4, 0.5) is 0 Å². The highest BCUT2D eigenvalue weighted by molar-refractivity contribution is 7.89. The van der Waals surface area contributed by atoms with Crippen molar-refractivity contribution in [3.8, 4) is 0 Å². The van der Waals surface area contributed by atoms with Gasteiger partial charge in [-0.3, -0.25) is 4.79 Å². The number of benzene rings is 3. The summed E-state index contributed by atoms with van der Waals surface area (Å²) in [6.07, 6.45) is 0.316. The van der Waals surface area contributed by atoms with E-state index < -0.39 is 16.1 Å². The summed E-state index contributed by atoms with van der Waals surface area (Å²) in [5.74, 6) is -0.344. The van der Waals surface area contributed by atoms with Gasteiger partial charge < -0.3 is 5.32 Å². The molecule has 7 heteroatoms. The van der Waals surface area contributed by atoms with Crippen molar-refractivity contribution in [2.45, 2.75) is 30.4 Å². The zero-order valence-electron chi connectivity index (χ0n) is 16.2. The molecular weight excluding hydrogens is 420 g/mol. The van der Waals surface area contributed by atoms with Crippen molar-refractivity contribution in [3.63, 3.8) is 0 Å². The molecule has 3 aromatic rings. The smallest absolute Gasteiger partial charge is 0.244 e. The molecule has 154 valence electrons. The van der Waals surface area contributed by atoms with Gasteiger partial charge in [0.1, 0.15) is 6.04 Å². The lowest BCUT2D eigenvalue weighted by molar-refractivity contribution is -0.125. The largest absolute Gasteiger partial charge is 0.351 e. The van der Waals surface area contributed by atoms with Gasteiger partial charge >= 0.3 is 0 Å². The molecule has 1 unspecified atom stereocenters. The number of hydrogen-bond acceptors (Lipinski definition) is 3. The summed E-state index contributed by atoms with van der Waals surface area (Å²) in [6, 6.07) is 22.3. The number of rotatable bonds is 5. The second kappa shape index (κ2) is 8.60. The van der Waals surface area contributed by atoms with Crippen molar-refractivity contribution < 1.29 is 13.2 Å². The number of sulfonamides is 1. The van der Waals surface area contributed by atoms with E-state index in [0.29, 0.717) is 11.4 Å². The van der Waals surface area contributed by atoms with Crippen molar-refractivity contribution in [2.24, 2.45) is 0 Å². The highest BCUT2D eigenvalue weighted by Crippen LogP contribution is 2.29. The molecule has 1 N–H and O–H groups in total. The van der Waals surface area contributed by atoms with Crippen LogP contribution in [0.2, 0.25) is 5.02 Å². The molecule has 0 bridgehead atoms. The molecule has 4 rings (SSSR count). The van der Waals surface area contributed by atoms with Gasteiger partial charge in [-0.1, -0.05) is 72.3 Å². The minimum atomic E-state index is -3.84. The second-order valence-corrected chi connectivity index (χ2v) is 9.46. The van der Waals surface area contributed by atoms with Crippen LogP contribution in [0.15, 0.2) is 83.8 Å². The zero-order chi connectivity index (χ0) is 21.1. The lowest BCUT2D eigenvalue weighted by Crippen LogP contribution is -2.52. The van der Waals surface area contributed by atoms with Crippen LogP contribution in [0.3, 0.4) is 0 Å². The maximum atomic E-state index is 13.4. The molecule has 0 radical (unpaired) electrons. The Bertz CT molecular complexity index is 1170. The van der Waals surface area contributed by atoms with Crippen molar-refractivity contribution in [1.29, 1.82) is 0 Å². The van der Waals surface area contributed by atoms with E-state index in [1.807, 2.05) is 42.5 Å². The molecule has 30 heavy (non-hydrogen) atoms. The third kappa shape index (κ3) is 4.12. The van der Waals surface area contributed by atoms with Gasteiger partial charge in [0.15, 0.2) is 0 Å². The lowest BCUT2D eigenvalue weighted by Gasteiger charge is -2.35. The first kappa shape index (κ1) is 20.6. The zero-order valence-corrected chi connectivity index (χ0v) is 17.7. The minimum Gasteiger partial charge on any atom is -0.351 e. The fourth-order valence-electron chi connectivity index (χ4n) is 3.64. The molecule has 1 heterocycles. The molecule has 1 aliphatic rings. The average Bonchev–Trinajstić information content (AvgIpc) is 2.78. The summed E-state index contributed by atoms with van der Waals surface area (Å²) in [4.78, 5) is 13.3. The van der Waals surface area contributed by atoms with Crippen LogP contribution in [0.5, 0.6) is 0 Å². The molecule has 5 nitrogen and oxygen atoms in total. The first-order chi connectivity index (χ1) is 14.5. The fraction of sp³-hybridized carbons (Fsp3) is 0.174. The molecule has 3 aromatic carbocycles. The van der Waals surface area contributed by atoms with Crippen molar-refractivity contribution in [2.75, 3.05) is 0 Å².